The molecule has 0 atom stereocenters. The van der Waals surface area contributed by atoms with E-state index in [1.807, 2.05) is 0 Å². The summed E-state index contributed by atoms with van der Waals surface area (Å²) in [5, 5.41) is 0. The highest BCUT2D eigenvalue weighted by Gasteiger charge is 2.45. The third-order valence-corrected chi connectivity index (χ3v) is 7.48. The number of carbonyl (C=O) groups excluding carboxylic acids is 3. The number of rotatable bonds is 24. The third-order valence-electron chi connectivity index (χ3n) is 7.48. The van der Waals surface area contributed by atoms with Crippen molar-refractivity contribution in [2.75, 3.05) is 7.05 Å². The molecule has 0 aliphatic carbocycles. The van der Waals surface area contributed by atoms with Gasteiger partial charge in [-0.3, -0.25) is 0 Å². The summed E-state index contributed by atoms with van der Waals surface area (Å²) < 4.78 is -0.596. The van der Waals surface area contributed by atoms with Crippen LogP contribution in [0.1, 0.15) is 175 Å². The Bertz CT molecular complexity index is 469. The first-order valence-electron chi connectivity index (χ1n) is 15.4. The van der Waals surface area contributed by atoms with Gasteiger partial charge in [0.15, 0.2) is 0 Å². The Kier molecular flexibility index (Phi) is 22.7. The number of amides is 3. The first kappa shape index (κ1) is 34.0. The highest BCUT2D eigenvalue weighted by molar-refractivity contribution is 5.97. The van der Waals surface area contributed by atoms with Crippen molar-refractivity contribution in [1.29, 1.82) is 0 Å². The number of hydrogen-bond donors (Lipinski definition) is 0. The van der Waals surface area contributed by atoms with E-state index in [1.165, 1.54) is 77.0 Å². The molecule has 0 spiro atoms. The normalized spacial score (nSPS) is 11.7. The van der Waals surface area contributed by atoms with Gasteiger partial charge in [0.25, 0.3) is 0 Å². The lowest BCUT2D eigenvalue weighted by Gasteiger charge is -2.26. The quantitative estimate of drug-likeness (QED) is 0.0991. The lowest BCUT2D eigenvalue weighted by atomic mass is 10.0. The smallest absolute Gasteiger partial charge is 0.230 e. The van der Waals surface area contributed by atoms with Gasteiger partial charge in [0.05, 0.1) is 26.3 Å². The van der Waals surface area contributed by atoms with Crippen molar-refractivity contribution < 1.29 is 18.9 Å². The molecular formula is C31H60NO3+. The van der Waals surface area contributed by atoms with Crippen LogP contribution in [0.15, 0.2) is 0 Å². The number of carbonyl (C=O) groups is 3. The average Bonchev–Trinajstić information content (AvgIpc) is 2.86. The van der Waals surface area contributed by atoms with Gasteiger partial charge in [-0.05, 0) is 19.3 Å². The molecule has 0 heterocycles. The maximum Gasteiger partial charge on any atom is 0.328 e. The summed E-state index contributed by atoms with van der Waals surface area (Å²) in [6.07, 6.45) is 24.7. The second kappa shape index (κ2) is 23.4. The van der Waals surface area contributed by atoms with Crippen molar-refractivity contribution in [2.45, 2.75) is 175 Å². The summed E-state index contributed by atoms with van der Waals surface area (Å²) in [6.45, 7) is 6.64. The van der Waals surface area contributed by atoms with E-state index in [4.69, 9.17) is 0 Å². The van der Waals surface area contributed by atoms with E-state index in [9.17, 15) is 14.4 Å². The Morgan fingerprint density at radius 2 is 0.571 bits per heavy atom. The molecule has 4 heteroatoms. The lowest BCUT2D eigenvalue weighted by molar-refractivity contribution is -0.681. The fraction of sp³-hybridized carbons (Fsp3) is 0.903. The van der Waals surface area contributed by atoms with E-state index in [2.05, 4.69) is 20.8 Å². The Labute approximate surface area is 218 Å². The topological polar surface area (TPSA) is 51.2 Å². The molecule has 0 saturated heterocycles. The van der Waals surface area contributed by atoms with Crippen LogP contribution in [0.3, 0.4) is 0 Å². The molecule has 0 aromatic heterocycles. The second-order valence-corrected chi connectivity index (χ2v) is 10.8. The summed E-state index contributed by atoms with van der Waals surface area (Å²) in [7, 11) is 1.59. The summed E-state index contributed by atoms with van der Waals surface area (Å²) >= 11 is 0. The van der Waals surface area contributed by atoms with Gasteiger partial charge >= 0.3 is 17.7 Å². The number of imide groups is 3. The van der Waals surface area contributed by atoms with Crippen LogP contribution in [-0.4, -0.2) is 29.3 Å². The molecule has 0 aromatic rings. The number of quaternary nitrogens is 1. The van der Waals surface area contributed by atoms with Crippen molar-refractivity contribution >= 4 is 17.7 Å². The predicted molar refractivity (Wildman–Crippen MR) is 149 cm³/mol. The van der Waals surface area contributed by atoms with Crippen LogP contribution in [-0.2, 0) is 14.4 Å². The first-order chi connectivity index (χ1) is 16.9. The average molecular weight is 495 g/mol. The van der Waals surface area contributed by atoms with Crippen molar-refractivity contribution in [1.82, 2.24) is 0 Å². The molecule has 0 rings (SSSR count). The minimum atomic E-state index is -0.596. The predicted octanol–water partition coefficient (Wildman–Crippen LogP) is 9.43. The molecule has 4 nitrogen and oxygen atoms in total. The minimum Gasteiger partial charge on any atom is -0.230 e. The molecule has 0 bridgehead atoms. The van der Waals surface area contributed by atoms with Crippen LogP contribution in [0.25, 0.3) is 0 Å². The maximum atomic E-state index is 13.2. The van der Waals surface area contributed by atoms with Crippen LogP contribution in [0, 0.1) is 0 Å². The highest BCUT2D eigenvalue weighted by atomic mass is 16.2. The number of unbranched alkanes of at least 4 members (excludes halogenated alkanes) is 18. The lowest BCUT2D eigenvalue weighted by Crippen LogP contribution is -2.57. The maximum absolute atomic E-state index is 13.2. The fourth-order valence-electron chi connectivity index (χ4n) is 4.79. The summed E-state index contributed by atoms with van der Waals surface area (Å²) in [4.78, 5) is 39.7. The van der Waals surface area contributed by atoms with Gasteiger partial charge in [-0.1, -0.05) is 136 Å². The molecule has 0 aliphatic heterocycles. The largest absolute Gasteiger partial charge is 0.328 e. The van der Waals surface area contributed by atoms with Gasteiger partial charge in [-0.2, -0.15) is 0 Å². The molecule has 35 heavy (non-hydrogen) atoms. The van der Waals surface area contributed by atoms with Gasteiger partial charge in [-0.15, -0.1) is 4.48 Å². The molecule has 3 amide bonds. The van der Waals surface area contributed by atoms with Crippen LogP contribution < -0.4 is 0 Å². The Morgan fingerprint density at radius 3 is 0.800 bits per heavy atom. The van der Waals surface area contributed by atoms with Crippen LogP contribution >= 0.6 is 0 Å². The van der Waals surface area contributed by atoms with E-state index in [0.717, 1.165) is 57.8 Å². The Hall–Kier alpha value is -1.03. The number of hydrogen-bond acceptors (Lipinski definition) is 3. The first-order valence-corrected chi connectivity index (χ1v) is 15.4. The van der Waals surface area contributed by atoms with E-state index >= 15 is 0 Å². The monoisotopic (exact) mass is 494 g/mol. The van der Waals surface area contributed by atoms with Crippen LogP contribution in [0.4, 0.5) is 0 Å². The summed E-state index contributed by atoms with van der Waals surface area (Å²) in [6, 6.07) is 0. The molecule has 0 aromatic carbocycles. The van der Waals surface area contributed by atoms with E-state index in [0.29, 0.717) is 19.3 Å². The van der Waals surface area contributed by atoms with Gasteiger partial charge < -0.3 is 0 Å². The van der Waals surface area contributed by atoms with Crippen molar-refractivity contribution in [3.8, 4) is 0 Å². The van der Waals surface area contributed by atoms with E-state index < -0.39 is 4.48 Å². The molecule has 0 unspecified atom stereocenters. The van der Waals surface area contributed by atoms with Gasteiger partial charge in [0.1, 0.15) is 0 Å². The third kappa shape index (κ3) is 16.4. The van der Waals surface area contributed by atoms with E-state index in [1.54, 1.807) is 7.05 Å². The Balaban J connectivity index is 4.72. The summed E-state index contributed by atoms with van der Waals surface area (Å²) in [5.41, 5.74) is 0. The van der Waals surface area contributed by atoms with Crippen LogP contribution in [0.5, 0.6) is 0 Å². The van der Waals surface area contributed by atoms with Crippen LogP contribution in [0.2, 0.25) is 0 Å². The van der Waals surface area contributed by atoms with Crippen molar-refractivity contribution in [2.24, 2.45) is 0 Å². The van der Waals surface area contributed by atoms with E-state index in [-0.39, 0.29) is 17.7 Å². The molecule has 0 saturated carbocycles. The molecule has 206 valence electrons. The molecule has 0 N–H and O–H groups in total. The standard InChI is InChI=1S/C31H60NO3/c1-5-8-11-14-17-20-23-26-29(33)32(4,30(34)27-24-21-18-15-12-9-6-2)31(35)28-25-22-19-16-13-10-7-3/h5-28H2,1-4H3/q+1. The second-order valence-electron chi connectivity index (χ2n) is 10.8. The SMILES string of the molecule is CCCCCCCCCC(=O)[N+](C)(C(=O)CCCCCCCCC)C(=O)CCCCCCCCC. The highest BCUT2D eigenvalue weighted by Crippen LogP contribution is 2.20. The molecule has 0 aliphatic rings. The number of nitrogens with zero attached hydrogens (tertiary/aromatic N) is 1. The van der Waals surface area contributed by atoms with Gasteiger partial charge in [0.2, 0.25) is 0 Å². The van der Waals surface area contributed by atoms with Crippen molar-refractivity contribution in [3.63, 3.8) is 0 Å². The fourth-order valence-corrected chi connectivity index (χ4v) is 4.79. The summed E-state index contributed by atoms with van der Waals surface area (Å²) in [5.74, 6) is -0.543. The van der Waals surface area contributed by atoms with Gasteiger partial charge in [-0.25, -0.2) is 14.4 Å². The minimum absolute atomic E-state index is 0.181. The zero-order valence-electron chi connectivity index (χ0n) is 24.1. The van der Waals surface area contributed by atoms with Gasteiger partial charge in [0, 0.05) is 0 Å². The van der Waals surface area contributed by atoms with Crippen molar-refractivity contribution in [3.05, 3.63) is 0 Å². The molecule has 0 radical (unpaired) electrons. The molecule has 0 fully saturated rings. The molecular weight excluding hydrogens is 434 g/mol. The Morgan fingerprint density at radius 1 is 0.371 bits per heavy atom. The zero-order valence-corrected chi connectivity index (χ0v) is 24.1. The zero-order chi connectivity index (χ0) is 26.2.